The van der Waals surface area contributed by atoms with Crippen molar-refractivity contribution in [1.82, 2.24) is 19.1 Å². The number of anilines is 1. The number of H-pyrrole nitrogens is 1. The fourth-order valence-corrected chi connectivity index (χ4v) is 2.83. The molecule has 6 N–H and O–H groups in total. The van der Waals surface area contributed by atoms with E-state index in [4.69, 9.17) is 15.6 Å². The molecule has 3 rings (SSSR count). The number of aromatic nitrogens is 4. The number of nitrogen functional groups attached to an aromatic ring is 1. The van der Waals surface area contributed by atoms with Crippen molar-refractivity contribution in [2.75, 3.05) is 18.9 Å². The van der Waals surface area contributed by atoms with Gasteiger partial charge in [-0.05, 0) is 0 Å². The maximum atomic E-state index is 12.8. The minimum Gasteiger partial charge on any atom is -0.394 e. The van der Waals surface area contributed by atoms with Crippen LogP contribution in [0.5, 0.6) is 0 Å². The Morgan fingerprint density at radius 3 is 2.76 bits per heavy atom. The lowest BCUT2D eigenvalue weighted by Crippen LogP contribution is -2.28. The summed E-state index contributed by atoms with van der Waals surface area (Å²) >= 11 is 0. The molecule has 25 heavy (non-hydrogen) atoms. The third-order valence-electron chi connectivity index (χ3n) is 3.94. The Labute approximate surface area is 140 Å². The van der Waals surface area contributed by atoms with Gasteiger partial charge in [-0.1, -0.05) is 11.8 Å². The zero-order valence-electron chi connectivity index (χ0n) is 13.0. The molecule has 11 nitrogen and oxygen atoms in total. The van der Waals surface area contributed by atoms with E-state index in [-0.39, 0.29) is 36.7 Å². The molecule has 134 valence electrons. The van der Waals surface area contributed by atoms with E-state index < -0.39 is 36.3 Å². The van der Waals surface area contributed by atoms with E-state index in [0.29, 0.717) is 0 Å². The predicted molar refractivity (Wildman–Crippen MR) is 85.5 cm³/mol. The molecular formula is C14H17N5O6. The summed E-state index contributed by atoms with van der Waals surface area (Å²) in [6.07, 6.45) is -2.68. The van der Waals surface area contributed by atoms with Crippen LogP contribution in [-0.2, 0) is 11.3 Å². The molecule has 2 aromatic heterocycles. The van der Waals surface area contributed by atoms with Crippen LogP contribution in [0, 0.1) is 11.8 Å². The quantitative estimate of drug-likeness (QED) is 0.367. The third kappa shape index (κ3) is 2.92. The molecule has 0 aliphatic carbocycles. The highest BCUT2D eigenvalue weighted by molar-refractivity contribution is 5.72. The lowest BCUT2D eigenvalue weighted by molar-refractivity contribution is -0.0443. The molecule has 11 heteroatoms. The molecule has 0 bridgehead atoms. The van der Waals surface area contributed by atoms with Crippen LogP contribution in [0.4, 0.5) is 5.95 Å². The lowest BCUT2D eigenvalue weighted by atomic mass is 10.2. The van der Waals surface area contributed by atoms with Crippen LogP contribution in [0.25, 0.3) is 11.2 Å². The van der Waals surface area contributed by atoms with Gasteiger partial charge < -0.3 is 25.8 Å². The van der Waals surface area contributed by atoms with Gasteiger partial charge in [0.15, 0.2) is 11.2 Å². The van der Waals surface area contributed by atoms with Crippen LogP contribution < -0.4 is 17.0 Å². The highest BCUT2D eigenvalue weighted by Gasteiger charge is 2.37. The molecule has 0 aromatic carbocycles. The zero-order valence-corrected chi connectivity index (χ0v) is 13.0. The number of nitrogens with one attached hydrogen (secondary N) is 1. The number of nitrogens with zero attached hydrogens (tertiary/aromatic N) is 3. The summed E-state index contributed by atoms with van der Waals surface area (Å²) in [5.74, 6) is 4.78. The van der Waals surface area contributed by atoms with Gasteiger partial charge in [-0.3, -0.25) is 14.3 Å². The van der Waals surface area contributed by atoms with Gasteiger partial charge in [0, 0.05) is 6.42 Å². The van der Waals surface area contributed by atoms with Gasteiger partial charge in [-0.2, -0.15) is 4.98 Å². The second-order valence-electron chi connectivity index (χ2n) is 5.49. The predicted octanol–water partition coefficient (Wildman–Crippen LogP) is -2.90. The molecule has 3 unspecified atom stereocenters. The SMILES string of the molecule is Nc1nc2c(c(=O)[nH]1)n(CC#CCO)c(=O)n2C1CC(O)C(CO)O1. The van der Waals surface area contributed by atoms with E-state index >= 15 is 0 Å². The van der Waals surface area contributed by atoms with Gasteiger partial charge in [-0.25, -0.2) is 9.36 Å². The van der Waals surface area contributed by atoms with Gasteiger partial charge in [-0.15, -0.1) is 0 Å². The summed E-state index contributed by atoms with van der Waals surface area (Å²) in [7, 11) is 0. The standard InChI is InChI=1S/C14H17N5O6/c15-13-16-11-10(12(23)17-13)18(3-1-2-4-20)14(24)19(11)9-5-7(22)8(6-21)25-9/h7-9,20-22H,3-6H2,(H3,15,16,17,23). The first-order chi connectivity index (χ1) is 12.0. The first-order valence-electron chi connectivity index (χ1n) is 7.49. The molecule has 3 atom stereocenters. The van der Waals surface area contributed by atoms with Crippen LogP contribution in [0.3, 0.4) is 0 Å². The smallest absolute Gasteiger partial charge is 0.333 e. The van der Waals surface area contributed by atoms with Gasteiger partial charge >= 0.3 is 5.69 Å². The van der Waals surface area contributed by atoms with E-state index in [0.717, 1.165) is 9.13 Å². The Morgan fingerprint density at radius 2 is 2.12 bits per heavy atom. The third-order valence-corrected chi connectivity index (χ3v) is 3.94. The van der Waals surface area contributed by atoms with Crippen molar-refractivity contribution in [1.29, 1.82) is 0 Å². The Hall–Kier alpha value is -2.65. The van der Waals surface area contributed by atoms with Crippen molar-refractivity contribution in [3.8, 4) is 11.8 Å². The van der Waals surface area contributed by atoms with E-state index in [1.807, 2.05) is 0 Å². The summed E-state index contributed by atoms with van der Waals surface area (Å²) in [5.41, 5.74) is 4.27. The first kappa shape index (κ1) is 17.2. The Morgan fingerprint density at radius 1 is 1.36 bits per heavy atom. The summed E-state index contributed by atoms with van der Waals surface area (Å²) in [5, 5.41) is 27.9. The van der Waals surface area contributed by atoms with Crippen LogP contribution in [-0.4, -0.2) is 59.8 Å². The summed E-state index contributed by atoms with van der Waals surface area (Å²) in [6.45, 7) is -0.940. The number of imidazole rings is 1. The Kier molecular flexibility index (Phi) is 4.60. The van der Waals surface area contributed by atoms with Crippen LogP contribution in [0.1, 0.15) is 12.6 Å². The fourth-order valence-electron chi connectivity index (χ4n) is 2.83. The second kappa shape index (κ2) is 6.69. The topological polar surface area (TPSA) is 169 Å². The average molecular weight is 351 g/mol. The highest BCUT2D eigenvalue weighted by Crippen LogP contribution is 2.29. The minimum absolute atomic E-state index is 0.00663. The summed E-state index contributed by atoms with van der Waals surface area (Å²) < 4.78 is 7.70. The molecule has 0 amide bonds. The number of hydrogen-bond acceptors (Lipinski definition) is 8. The Bertz CT molecular complexity index is 964. The number of aromatic amines is 1. The monoisotopic (exact) mass is 351 g/mol. The summed E-state index contributed by atoms with van der Waals surface area (Å²) in [4.78, 5) is 31.3. The molecule has 1 saturated heterocycles. The van der Waals surface area contributed by atoms with Crippen LogP contribution >= 0.6 is 0 Å². The number of nitrogens with two attached hydrogens (primary N) is 1. The normalized spacial score (nSPS) is 22.9. The second-order valence-corrected chi connectivity index (χ2v) is 5.49. The van der Waals surface area contributed by atoms with Crippen molar-refractivity contribution in [3.05, 3.63) is 20.8 Å². The van der Waals surface area contributed by atoms with Crippen molar-refractivity contribution in [2.24, 2.45) is 0 Å². The maximum Gasteiger partial charge on any atom is 0.333 e. The van der Waals surface area contributed by atoms with Crippen molar-refractivity contribution in [2.45, 2.75) is 31.4 Å². The number of fused-ring (bicyclic) bond motifs is 1. The van der Waals surface area contributed by atoms with Gasteiger partial charge in [0.1, 0.15) is 18.9 Å². The average Bonchev–Trinajstić information content (AvgIpc) is 3.05. The van der Waals surface area contributed by atoms with Crippen LogP contribution in [0.2, 0.25) is 0 Å². The zero-order chi connectivity index (χ0) is 18.1. The van der Waals surface area contributed by atoms with Gasteiger partial charge in [0.2, 0.25) is 5.95 Å². The number of ether oxygens (including phenoxy) is 1. The number of aliphatic hydroxyl groups is 3. The molecule has 1 aliphatic rings. The molecule has 1 aliphatic heterocycles. The van der Waals surface area contributed by atoms with E-state index in [1.54, 1.807) is 0 Å². The molecule has 2 aromatic rings. The molecule has 0 radical (unpaired) electrons. The number of rotatable bonds is 3. The van der Waals surface area contributed by atoms with Crippen LogP contribution in [0.15, 0.2) is 9.59 Å². The molecule has 3 heterocycles. The van der Waals surface area contributed by atoms with Crippen molar-refractivity contribution < 1.29 is 20.1 Å². The fraction of sp³-hybridized carbons (Fsp3) is 0.500. The molecule has 0 saturated carbocycles. The first-order valence-corrected chi connectivity index (χ1v) is 7.49. The lowest BCUT2D eigenvalue weighted by Gasteiger charge is -2.12. The molecule has 1 fully saturated rings. The maximum absolute atomic E-state index is 12.8. The Balaban J connectivity index is 2.20. The van der Waals surface area contributed by atoms with E-state index in [2.05, 4.69) is 21.8 Å². The molecular weight excluding hydrogens is 334 g/mol. The minimum atomic E-state index is -0.964. The van der Waals surface area contributed by atoms with E-state index in [9.17, 15) is 19.8 Å². The van der Waals surface area contributed by atoms with Gasteiger partial charge in [0.05, 0.1) is 19.3 Å². The largest absolute Gasteiger partial charge is 0.394 e. The van der Waals surface area contributed by atoms with Crippen molar-refractivity contribution >= 4 is 17.1 Å². The van der Waals surface area contributed by atoms with Crippen molar-refractivity contribution in [3.63, 3.8) is 0 Å². The highest BCUT2D eigenvalue weighted by atomic mass is 16.5. The number of aliphatic hydroxyl groups excluding tert-OH is 3. The van der Waals surface area contributed by atoms with E-state index in [1.165, 1.54) is 0 Å². The number of hydrogen-bond donors (Lipinski definition) is 5. The molecule has 0 spiro atoms. The van der Waals surface area contributed by atoms with Gasteiger partial charge in [0.25, 0.3) is 5.56 Å². The summed E-state index contributed by atoms with van der Waals surface area (Å²) in [6, 6.07) is 0.